The summed E-state index contributed by atoms with van der Waals surface area (Å²) in [6, 6.07) is 3.37. The first-order valence-electron chi connectivity index (χ1n) is 5.43. The maximum atomic E-state index is 13.9. The van der Waals surface area contributed by atoms with Gasteiger partial charge in [0.2, 0.25) is 0 Å². The van der Waals surface area contributed by atoms with Gasteiger partial charge in [-0.05, 0) is 18.6 Å². The molecule has 1 atom stereocenters. The highest BCUT2D eigenvalue weighted by molar-refractivity contribution is 6.34. The number of hydrogen-bond donors (Lipinski definition) is 1. The van der Waals surface area contributed by atoms with Crippen LogP contribution >= 0.6 is 23.2 Å². The van der Waals surface area contributed by atoms with Crippen LogP contribution < -0.4 is 5.73 Å². The van der Waals surface area contributed by atoms with Crippen LogP contribution in [0.3, 0.4) is 0 Å². The zero-order valence-electron chi connectivity index (χ0n) is 9.92. The average Bonchev–Trinajstić information content (AvgIpc) is 2.35. The van der Waals surface area contributed by atoms with Crippen molar-refractivity contribution in [2.75, 3.05) is 0 Å². The van der Waals surface area contributed by atoms with Gasteiger partial charge < -0.3 is 5.73 Å². The Kier molecular flexibility index (Phi) is 4.04. The van der Waals surface area contributed by atoms with Crippen LogP contribution in [-0.4, -0.2) is 4.98 Å². The van der Waals surface area contributed by atoms with Gasteiger partial charge in [-0.25, -0.2) is 8.78 Å². The van der Waals surface area contributed by atoms with Crippen molar-refractivity contribution in [3.8, 4) is 0 Å². The molecule has 2 aromatic rings. The number of hydrogen-bond acceptors (Lipinski definition) is 2. The third kappa shape index (κ3) is 2.71. The van der Waals surface area contributed by atoms with E-state index in [1.54, 1.807) is 0 Å². The first kappa shape index (κ1) is 14.2. The third-order valence-electron chi connectivity index (χ3n) is 2.77. The zero-order chi connectivity index (χ0) is 14.2. The molecule has 0 radical (unpaired) electrons. The summed E-state index contributed by atoms with van der Waals surface area (Å²) in [5.74, 6) is -1.90. The monoisotopic (exact) mass is 302 g/mol. The van der Waals surface area contributed by atoms with Crippen LogP contribution in [-0.2, 0) is 0 Å². The summed E-state index contributed by atoms with van der Waals surface area (Å²) < 4.78 is 27.4. The fourth-order valence-electron chi connectivity index (χ4n) is 1.70. The van der Waals surface area contributed by atoms with E-state index in [1.165, 1.54) is 31.3 Å². The zero-order valence-corrected chi connectivity index (χ0v) is 11.4. The molecule has 1 heterocycles. The summed E-state index contributed by atoms with van der Waals surface area (Å²) in [5.41, 5.74) is 6.35. The minimum Gasteiger partial charge on any atom is -0.319 e. The summed E-state index contributed by atoms with van der Waals surface area (Å²) >= 11 is 11.7. The molecule has 0 aliphatic carbocycles. The summed E-state index contributed by atoms with van der Waals surface area (Å²) in [6.45, 7) is 1.47. The molecule has 1 aromatic carbocycles. The first-order chi connectivity index (χ1) is 8.91. The Hall–Kier alpha value is -1.23. The Morgan fingerprint density at radius 3 is 2.53 bits per heavy atom. The molecular formula is C13H10Cl2F2N2. The number of rotatable bonds is 2. The SMILES string of the molecule is Cc1ccc(C(N)c2ncc(Cl)cc2Cl)c(F)c1F. The van der Waals surface area contributed by atoms with Gasteiger partial charge in [0, 0.05) is 11.8 Å². The number of benzene rings is 1. The Morgan fingerprint density at radius 1 is 1.21 bits per heavy atom. The van der Waals surface area contributed by atoms with Crippen molar-refractivity contribution in [2.45, 2.75) is 13.0 Å². The lowest BCUT2D eigenvalue weighted by Gasteiger charge is -2.15. The number of halogens is 4. The van der Waals surface area contributed by atoms with Gasteiger partial charge in [-0.2, -0.15) is 0 Å². The maximum absolute atomic E-state index is 13.9. The molecule has 0 saturated carbocycles. The van der Waals surface area contributed by atoms with E-state index in [9.17, 15) is 8.78 Å². The normalized spacial score (nSPS) is 12.5. The fourth-order valence-corrected chi connectivity index (χ4v) is 2.20. The molecule has 0 amide bonds. The van der Waals surface area contributed by atoms with Crippen LogP contribution in [0.4, 0.5) is 8.78 Å². The summed E-state index contributed by atoms with van der Waals surface area (Å²) in [4.78, 5) is 3.97. The molecule has 19 heavy (non-hydrogen) atoms. The van der Waals surface area contributed by atoms with Crippen molar-refractivity contribution in [3.05, 3.63) is 62.9 Å². The molecular weight excluding hydrogens is 293 g/mol. The largest absolute Gasteiger partial charge is 0.319 e. The summed E-state index contributed by atoms with van der Waals surface area (Å²) in [7, 11) is 0. The van der Waals surface area contributed by atoms with Crippen molar-refractivity contribution < 1.29 is 8.78 Å². The molecule has 2 rings (SSSR count). The maximum Gasteiger partial charge on any atom is 0.164 e. The molecule has 2 nitrogen and oxygen atoms in total. The lowest BCUT2D eigenvalue weighted by Crippen LogP contribution is -2.16. The Bertz CT molecular complexity index is 632. The molecule has 2 N–H and O–H groups in total. The predicted octanol–water partition coefficient (Wildman–Crippen LogP) is 4.02. The molecule has 0 aliphatic heterocycles. The standard InChI is InChI=1S/C13H10Cl2F2N2/c1-6-2-3-8(11(17)10(6)16)12(18)13-9(15)4-7(14)5-19-13/h2-5,12H,18H2,1H3. The van der Waals surface area contributed by atoms with Crippen LogP contribution in [0.2, 0.25) is 10.0 Å². The lowest BCUT2D eigenvalue weighted by molar-refractivity contribution is 0.488. The molecule has 0 fully saturated rings. The van der Waals surface area contributed by atoms with E-state index in [-0.39, 0.29) is 21.8 Å². The van der Waals surface area contributed by atoms with E-state index < -0.39 is 17.7 Å². The number of aromatic nitrogens is 1. The van der Waals surface area contributed by atoms with Gasteiger partial charge in [0.25, 0.3) is 0 Å². The van der Waals surface area contributed by atoms with Gasteiger partial charge in [0.1, 0.15) is 0 Å². The van der Waals surface area contributed by atoms with Crippen molar-refractivity contribution in [2.24, 2.45) is 5.73 Å². The van der Waals surface area contributed by atoms with E-state index in [2.05, 4.69) is 4.98 Å². The van der Waals surface area contributed by atoms with Crippen LogP contribution in [0.1, 0.15) is 22.9 Å². The van der Waals surface area contributed by atoms with Crippen molar-refractivity contribution >= 4 is 23.2 Å². The number of pyridine rings is 1. The number of nitrogens with two attached hydrogens (primary N) is 1. The molecule has 100 valence electrons. The van der Waals surface area contributed by atoms with Gasteiger partial charge in [-0.15, -0.1) is 0 Å². The van der Waals surface area contributed by atoms with Crippen molar-refractivity contribution in [1.82, 2.24) is 4.98 Å². The highest BCUT2D eigenvalue weighted by atomic mass is 35.5. The second kappa shape index (κ2) is 5.41. The van der Waals surface area contributed by atoms with Crippen LogP contribution in [0, 0.1) is 18.6 Å². The minimum atomic E-state index is -0.986. The number of aryl methyl sites for hydroxylation is 1. The van der Waals surface area contributed by atoms with Gasteiger partial charge in [0.05, 0.1) is 21.8 Å². The lowest BCUT2D eigenvalue weighted by atomic mass is 10.0. The molecule has 0 saturated heterocycles. The molecule has 0 spiro atoms. The third-order valence-corrected chi connectivity index (χ3v) is 3.28. The minimum absolute atomic E-state index is 0.000164. The van der Waals surface area contributed by atoms with Gasteiger partial charge in [0.15, 0.2) is 11.6 Å². The molecule has 1 aromatic heterocycles. The van der Waals surface area contributed by atoms with E-state index >= 15 is 0 Å². The van der Waals surface area contributed by atoms with Gasteiger partial charge >= 0.3 is 0 Å². The molecule has 1 unspecified atom stereocenters. The molecule has 0 aliphatic rings. The molecule has 0 bridgehead atoms. The first-order valence-corrected chi connectivity index (χ1v) is 6.18. The van der Waals surface area contributed by atoms with Crippen LogP contribution in [0.15, 0.2) is 24.4 Å². The second-order valence-electron chi connectivity index (χ2n) is 4.10. The van der Waals surface area contributed by atoms with Gasteiger partial charge in [-0.3, -0.25) is 4.98 Å². The van der Waals surface area contributed by atoms with Crippen LogP contribution in [0.5, 0.6) is 0 Å². The summed E-state index contributed by atoms with van der Waals surface area (Å²) in [5, 5.41) is 0.553. The summed E-state index contributed by atoms with van der Waals surface area (Å²) in [6.07, 6.45) is 1.35. The van der Waals surface area contributed by atoms with Crippen molar-refractivity contribution in [1.29, 1.82) is 0 Å². The van der Waals surface area contributed by atoms with E-state index in [0.29, 0.717) is 5.02 Å². The highest BCUT2D eigenvalue weighted by Gasteiger charge is 2.21. The van der Waals surface area contributed by atoms with E-state index in [1.807, 2.05) is 0 Å². The quantitative estimate of drug-likeness (QED) is 0.910. The average molecular weight is 303 g/mol. The predicted molar refractivity (Wildman–Crippen MR) is 71.4 cm³/mol. The van der Waals surface area contributed by atoms with E-state index in [0.717, 1.165) is 0 Å². The van der Waals surface area contributed by atoms with Crippen LogP contribution in [0.25, 0.3) is 0 Å². The Balaban J connectivity index is 2.50. The number of nitrogens with zero attached hydrogens (tertiary/aromatic N) is 1. The smallest absolute Gasteiger partial charge is 0.164 e. The topological polar surface area (TPSA) is 38.9 Å². The Morgan fingerprint density at radius 2 is 1.89 bits per heavy atom. The molecule has 6 heteroatoms. The Labute approximate surface area is 119 Å². The fraction of sp³-hybridized carbons (Fsp3) is 0.154. The van der Waals surface area contributed by atoms with Crippen molar-refractivity contribution in [3.63, 3.8) is 0 Å². The van der Waals surface area contributed by atoms with Gasteiger partial charge in [-0.1, -0.05) is 35.3 Å². The van der Waals surface area contributed by atoms with E-state index in [4.69, 9.17) is 28.9 Å². The highest BCUT2D eigenvalue weighted by Crippen LogP contribution is 2.29. The second-order valence-corrected chi connectivity index (χ2v) is 4.94.